The minimum Gasteiger partial charge on any atom is -0.337 e. The Bertz CT molecular complexity index is 434. The maximum absolute atomic E-state index is 12.3. The van der Waals surface area contributed by atoms with E-state index in [4.69, 9.17) is 5.73 Å². The smallest absolute Gasteiger partial charge is 0.276 e. The van der Waals surface area contributed by atoms with Crippen molar-refractivity contribution in [2.75, 3.05) is 19.6 Å². The van der Waals surface area contributed by atoms with Crippen LogP contribution in [0.2, 0.25) is 0 Å². The number of likely N-dealkylation sites (tertiary alicyclic amines) is 1. The number of piperidine rings is 1. The van der Waals surface area contributed by atoms with Crippen molar-refractivity contribution in [3.8, 4) is 0 Å². The van der Waals surface area contributed by atoms with Gasteiger partial charge in [0.1, 0.15) is 0 Å². The molecule has 6 nitrogen and oxygen atoms in total. The molecule has 0 unspecified atom stereocenters. The molecule has 0 saturated carbocycles. The van der Waals surface area contributed by atoms with Crippen LogP contribution in [0.5, 0.6) is 0 Å². The highest BCUT2D eigenvalue weighted by molar-refractivity contribution is 5.92. The predicted molar refractivity (Wildman–Crippen MR) is 72.6 cm³/mol. The van der Waals surface area contributed by atoms with Gasteiger partial charge in [-0.1, -0.05) is 25.5 Å². The van der Waals surface area contributed by atoms with E-state index in [9.17, 15) is 4.79 Å². The molecule has 1 amide bonds. The minimum absolute atomic E-state index is 0.0126. The average molecular weight is 265 g/mol. The number of hydrogen-bond acceptors (Lipinski definition) is 4. The second-order valence-electron chi connectivity index (χ2n) is 5.61. The molecule has 1 aromatic heterocycles. The molecule has 2 rings (SSSR count). The molecule has 106 valence electrons. The van der Waals surface area contributed by atoms with Crippen LogP contribution in [0.3, 0.4) is 0 Å². The van der Waals surface area contributed by atoms with E-state index in [1.165, 1.54) is 6.42 Å². The van der Waals surface area contributed by atoms with Gasteiger partial charge in [-0.15, -0.1) is 5.10 Å². The zero-order chi connectivity index (χ0) is 13.9. The molecule has 6 heteroatoms. The number of nitrogens with zero attached hydrogens (tertiary/aromatic N) is 4. The maximum Gasteiger partial charge on any atom is 0.276 e. The fourth-order valence-electron chi connectivity index (χ4n) is 2.40. The Labute approximate surface area is 113 Å². The predicted octanol–water partition coefficient (Wildman–Crippen LogP) is 0.889. The van der Waals surface area contributed by atoms with E-state index >= 15 is 0 Å². The average Bonchev–Trinajstić information content (AvgIpc) is 2.88. The van der Waals surface area contributed by atoms with E-state index in [2.05, 4.69) is 24.2 Å². The van der Waals surface area contributed by atoms with Gasteiger partial charge in [-0.25, -0.2) is 0 Å². The van der Waals surface area contributed by atoms with Gasteiger partial charge in [-0.3, -0.25) is 9.48 Å². The largest absolute Gasteiger partial charge is 0.337 e. The Hall–Kier alpha value is -1.43. The lowest BCUT2D eigenvalue weighted by molar-refractivity contribution is 0.0594. The molecule has 19 heavy (non-hydrogen) atoms. The molecule has 1 aliphatic heterocycles. The zero-order valence-electron chi connectivity index (χ0n) is 11.8. The zero-order valence-corrected chi connectivity index (χ0v) is 11.8. The summed E-state index contributed by atoms with van der Waals surface area (Å²) in [6.45, 7) is 7.23. The van der Waals surface area contributed by atoms with Crippen LogP contribution < -0.4 is 5.73 Å². The lowest BCUT2D eigenvalue weighted by Crippen LogP contribution is -2.42. The maximum atomic E-state index is 12.3. The Morgan fingerprint density at radius 2 is 2.16 bits per heavy atom. The Morgan fingerprint density at radius 3 is 2.74 bits per heavy atom. The fraction of sp³-hybridized carbons (Fsp3) is 0.769. The SMILES string of the molecule is CCC1(C)CCN(C(=O)c2cn(CCN)nn2)CC1. The summed E-state index contributed by atoms with van der Waals surface area (Å²) in [5, 5.41) is 7.84. The first-order valence-corrected chi connectivity index (χ1v) is 6.97. The summed E-state index contributed by atoms with van der Waals surface area (Å²) >= 11 is 0. The summed E-state index contributed by atoms with van der Waals surface area (Å²) in [6, 6.07) is 0. The Balaban J connectivity index is 1.97. The molecule has 0 bridgehead atoms. The molecule has 0 aromatic carbocycles. The molecule has 0 aliphatic carbocycles. The number of carbonyl (C=O) groups is 1. The number of aromatic nitrogens is 3. The molecule has 0 radical (unpaired) electrons. The molecule has 1 aliphatic rings. The molecule has 2 N–H and O–H groups in total. The van der Waals surface area contributed by atoms with E-state index in [-0.39, 0.29) is 5.91 Å². The van der Waals surface area contributed by atoms with Gasteiger partial charge in [-0.05, 0) is 18.3 Å². The summed E-state index contributed by atoms with van der Waals surface area (Å²) in [5.41, 5.74) is 6.26. The molecular weight excluding hydrogens is 242 g/mol. The third-order valence-electron chi connectivity index (χ3n) is 4.23. The van der Waals surface area contributed by atoms with Crippen molar-refractivity contribution in [3.05, 3.63) is 11.9 Å². The van der Waals surface area contributed by atoms with E-state index in [1.807, 2.05) is 4.90 Å². The molecule has 2 heterocycles. The van der Waals surface area contributed by atoms with Crippen molar-refractivity contribution in [1.29, 1.82) is 0 Å². The number of nitrogens with two attached hydrogens (primary N) is 1. The normalized spacial score (nSPS) is 18.6. The number of carbonyl (C=O) groups excluding carboxylic acids is 1. The van der Waals surface area contributed by atoms with Crippen LogP contribution >= 0.6 is 0 Å². The van der Waals surface area contributed by atoms with Crippen LogP contribution in [0.1, 0.15) is 43.6 Å². The van der Waals surface area contributed by atoms with Gasteiger partial charge in [0.15, 0.2) is 5.69 Å². The molecule has 1 aromatic rings. The molecular formula is C13H23N5O. The van der Waals surface area contributed by atoms with Crippen molar-refractivity contribution in [3.63, 3.8) is 0 Å². The van der Waals surface area contributed by atoms with Gasteiger partial charge in [0.05, 0.1) is 12.7 Å². The van der Waals surface area contributed by atoms with Crippen LogP contribution in [-0.4, -0.2) is 45.4 Å². The van der Waals surface area contributed by atoms with Crippen LogP contribution in [0.25, 0.3) is 0 Å². The summed E-state index contributed by atoms with van der Waals surface area (Å²) < 4.78 is 1.62. The van der Waals surface area contributed by atoms with E-state index in [0.717, 1.165) is 25.9 Å². The second-order valence-corrected chi connectivity index (χ2v) is 5.61. The highest BCUT2D eigenvalue weighted by atomic mass is 16.2. The van der Waals surface area contributed by atoms with E-state index < -0.39 is 0 Å². The van der Waals surface area contributed by atoms with Crippen molar-refractivity contribution in [2.24, 2.45) is 11.1 Å². The highest BCUT2D eigenvalue weighted by Crippen LogP contribution is 2.34. The first-order chi connectivity index (χ1) is 9.08. The van der Waals surface area contributed by atoms with Crippen LogP contribution in [0.15, 0.2) is 6.20 Å². The first kappa shape index (κ1) is 14.0. The van der Waals surface area contributed by atoms with Gasteiger partial charge >= 0.3 is 0 Å². The van der Waals surface area contributed by atoms with Gasteiger partial charge in [0.25, 0.3) is 5.91 Å². The summed E-state index contributed by atoms with van der Waals surface area (Å²) in [6.07, 6.45) is 4.98. The number of amides is 1. The van der Waals surface area contributed by atoms with Crippen LogP contribution in [0.4, 0.5) is 0 Å². The third-order valence-corrected chi connectivity index (χ3v) is 4.23. The molecule has 0 atom stereocenters. The van der Waals surface area contributed by atoms with Gasteiger partial charge < -0.3 is 10.6 Å². The first-order valence-electron chi connectivity index (χ1n) is 6.97. The number of rotatable bonds is 4. The van der Waals surface area contributed by atoms with Gasteiger partial charge in [-0.2, -0.15) is 0 Å². The fourth-order valence-corrected chi connectivity index (χ4v) is 2.40. The summed E-state index contributed by atoms with van der Waals surface area (Å²) in [4.78, 5) is 14.2. The highest BCUT2D eigenvalue weighted by Gasteiger charge is 2.31. The van der Waals surface area contributed by atoms with Crippen LogP contribution in [-0.2, 0) is 6.54 Å². The quantitative estimate of drug-likeness (QED) is 0.877. The summed E-state index contributed by atoms with van der Waals surface area (Å²) in [7, 11) is 0. The van der Waals surface area contributed by atoms with Crippen molar-refractivity contribution >= 4 is 5.91 Å². The third kappa shape index (κ3) is 3.12. The van der Waals surface area contributed by atoms with Crippen LogP contribution in [0, 0.1) is 5.41 Å². The minimum atomic E-state index is -0.0126. The van der Waals surface area contributed by atoms with Gasteiger partial charge in [0, 0.05) is 19.6 Å². The molecule has 0 spiro atoms. The number of hydrogen-bond donors (Lipinski definition) is 1. The van der Waals surface area contributed by atoms with E-state index in [0.29, 0.717) is 24.2 Å². The van der Waals surface area contributed by atoms with E-state index in [1.54, 1.807) is 10.9 Å². The molecule has 1 saturated heterocycles. The molecule has 1 fully saturated rings. The second kappa shape index (κ2) is 5.69. The van der Waals surface area contributed by atoms with Gasteiger partial charge in [0.2, 0.25) is 0 Å². The lowest BCUT2D eigenvalue weighted by Gasteiger charge is -2.38. The van der Waals surface area contributed by atoms with Crippen molar-refractivity contribution in [1.82, 2.24) is 19.9 Å². The van der Waals surface area contributed by atoms with Crippen molar-refractivity contribution in [2.45, 2.75) is 39.7 Å². The Kier molecular flexibility index (Phi) is 4.19. The lowest BCUT2D eigenvalue weighted by atomic mass is 9.78. The summed E-state index contributed by atoms with van der Waals surface area (Å²) in [5.74, 6) is -0.0126. The standard InChI is InChI=1S/C13H23N5O/c1-3-13(2)4-7-17(8-5-13)12(19)11-10-18(9-6-14)16-15-11/h10H,3-9,14H2,1-2H3. The topological polar surface area (TPSA) is 77.0 Å². The van der Waals surface area contributed by atoms with Crippen molar-refractivity contribution < 1.29 is 4.79 Å². The monoisotopic (exact) mass is 265 g/mol. The Morgan fingerprint density at radius 1 is 1.47 bits per heavy atom.